The zero-order valence-electron chi connectivity index (χ0n) is 17.8. The van der Waals surface area contributed by atoms with E-state index in [4.69, 9.17) is 4.74 Å². The van der Waals surface area contributed by atoms with Gasteiger partial charge in [-0.2, -0.15) is 10.2 Å². The molecule has 2 amide bonds. The highest BCUT2D eigenvalue weighted by atomic mass is 16.5. The summed E-state index contributed by atoms with van der Waals surface area (Å²) >= 11 is 0. The summed E-state index contributed by atoms with van der Waals surface area (Å²) in [6, 6.07) is 6.98. The van der Waals surface area contributed by atoms with Crippen LogP contribution < -0.4 is 21.1 Å². The number of carbonyl (C=O) groups excluding carboxylic acids is 2. The minimum Gasteiger partial charge on any atom is -0.497 e. The summed E-state index contributed by atoms with van der Waals surface area (Å²) in [7, 11) is 1.57. The summed E-state index contributed by atoms with van der Waals surface area (Å²) in [6.07, 6.45) is 6.75. The number of anilines is 2. The van der Waals surface area contributed by atoms with Crippen molar-refractivity contribution in [3.05, 3.63) is 53.0 Å². The van der Waals surface area contributed by atoms with Gasteiger partial charge in [0.15, 0.2) is 0 Å². The molecule has 0 atom stereocenters. The highest BCUT2D eigenvalue weighted by Crippen LogP contribution is 2.15. The summed E-state index contributed by atoms with van der Waals surface area (Å²) in [4.78, 5) is 37.1. The lowest BCUT2D eigenvalue weighted by atomic mass is 10.2. The lowest BCUT2D eigenvalue weighted by Crippen LogP contribution is -2.30. The van der Waals surface area contributed by atoms with Crippen molar-refractivity contribution in [3.8, 4) is 5.75 Å². The molecule has 0 bridgehead atoms. The molecule has 11 nitrogen and oxygen atoms in total. The fraction of sp³-hybridized carbons (Fsp3) is 0.381. The van der Waals surface area contributed by atoms with Gasteiger partial charge in [0.05, 0.1) is 19.0 Å². The highest BCUT2D eigenvalue weighted by Gasteiger charge is 2.17. The molecule has 168 valence electrons. The first-order valence-corrected chi connectivity index (χ1v) is 10.4. The number of methoxy groups -OCH3 is 1. The molecule has 0 saturated carbocycles. The van der Waals surface area contributed by atoms with Gasteiger partial charge in [-0.3, -0.25) is 18.8 Å². The van der Waals surface area contributed by atoms with E-state index in [0.717, 1.165) is 31.5 Å². The maximum Gasteiger partial charge on any atom is 0.346 e. The Bertz CT molecular complexity index is 1160. The van der Waals surface area contributed by atoms with Crippen LogP contribution in [0, 0.1) is 0 Å². The van der Waals surface area contributed by atoms with Gasteiger partial charge in [0.25, 0.3) is 0 Å². The van der Waals surface area contributed by atoms with Crippen molar-refractivity contribution < 1.29 is 14.3 Å². The Hall–Kier alpha value is -3.89. The van der Waals surface area contributed by atoms with Crippen molar-refractivity contribution in [2.75, 3.05) is 17.7 Å². The summed E-state index contributed by atoms with van der Waals surface area (Å²) < 4.78 is 9.35. The second-order valence-electron chi connectivity index (χ2n) is 7.57. The van der Waals surface area contributed by atoms with Crippen LogP contribution in [0.2, 0.25) is 0 Å². The third-order valence-corrected chi connectivity index (χ3v) is 5.17. The van der Waals surface area contributed by atoms with Gasteiger partial charge in [-0.1, -0.05) is 6.42 Å². The van der Waals surface area contributed by atoms with Gasteiger partial charge >= 0.3 is 5.69 Å². The van der Waals surface area contributed by atoms with E-state index < -0.39 is 0 Å². The average molecular weight is 439 g/mol. The molecule has 2 N–H and O–H groups in total. The van der Waals surface area contributed by atoms with Crippen LogP contribution in [0.4, 0.5) is 11.4 Å². The second-order valence-corrected chi connectivity index (χ2v) is 7.57. The van der Waals surface area contributed by atoms with Gasteiger partial charge < -0.3 is 15.4 Å². The van der Waals surface area contributed by atoms with E-state index in [2.05, 4.69) is 20.8 Å². The van der Waals surface area contributed by atoms with Crippen LogP contribution in [0.5, 0.6) is 5.75 Å². The summed E-state index contributed by atoms with van der Waals surface area (Å²) in [5.41, 5.74) is 0.810. The smallest absolute Gasteiger partial charge is 0.346 e. The minimum atomic E-state index is -0.386. The third kappa shape index (κ3) is 5.05. The first-order chi connectivity index (χ1) is 15.5. The molecule has 1 aliphatic rings. The van der Waals surface area contributed by atoms with E-state index in [1.165, 1.54) is 15.6 Å². The molecular formula is C21H25N7O4. The molecule has 3 aromatic rings. The van der Waals surface area contributed by atoms with Gasteiger partial charge in [0.2, 0.25) is 11.8 Å². The molecule has 11 heteroatoms. The predicted octanol–water partition coefficient (Wildman–Crippen LogP) is 1.25. The lowest BCUT2D eigenvalue weighted by Gasteiger charge is -2.06. The fourth-order valence-corrected chi connectivity index (χ4v) is 3.60. The number of hydrogen-bond donors (Lipinski definition) is 2. The number of aryl methyl sites for hydroxylation is 1. The second kappa shape index (κ2) is 9.50. The molecule has 1 aliphatic heterocycles. The maximum atomic E-state index is 12.5. The number of rotatable bonds is 7. The Morgan fingerprint density at radius 1 is 1.03 bits per heavy atom. The zero-order valence-corrected chi connectivity index (χ0v) is 17.8. The molecule has 0 radical (unpaired) electrons. The topological polar surface area (TPSA) is 125 Å². The SMILES string of the molecule is COc1ccc(NC(=O)Cn2cc(NC(=O)Cn3nc4n(c3=O)CCCCC4)cn2)cc1. The van der Waals surface area contributed by atoms with E-state index in [-0.39, 0.29) is 30.6 Å². The zero-order chi connectivity index (χ0) is 22.5. The number of fused-ring (bicyclic) bond motifs is 1. The van der Waals surface area contributed by atoms with Crippen LogP contribution in [0.15, 0.2) is 41.5 Å². The van der Waals surface area contributed by atoms with E-state index >= 15 is 0 Å². The number of benzene rings is 1. The molecule has 2 aromatic heterocycles. The lowest BCUT2D eigenvalue weighted by molar-refractivity contribution is -0.117. The molecule has 32 heavy (non-hydrogen) atoms. The minimum absolute atomic E-state index is 0.0187. The molecule has 3 heterocycles. The number of carbonyl (C=O) groups is 2. The monoisotopic (exact) mass is 439 g/mol. The standard InChI is InChI=1S/C21H25N7O4/c1-32-17-8-6-15(7-9-17)23-19(29)13-26-12-16(11-22-26)24-20(30)14-28-21(31)27-10-4-2-3-5-18(27)25-28/h6-9,11-12H,2-5,10,13-14H2,1H3,(H,23,29)(H,24,30). The number of hydrogen-bond acceptors (Lipinski definition) is 6. The Labute approximate surface area is 184 Å². The first kappa shape index (κ1) is 21.3. The fourth-order valence-electron chi connectivity index (χ4n) is 3.60. The quantitative estimate of drug-likeness (QED) is 0.571. The molecule has 0 fully saturated rings. The highest BCUT2D eigenvalue weighted by molar-refractivity contribution is 5.91. The Morgan fingerprint density at radius 2 is 1.78 bits per heavy atom. The number of nitrogens with zero attached hydrogens (tertiary/aromatic N) is 5. The largest absolute Gasteiger partial charge is 0.497 e. The van der Waals surface area contributed by atoms with Crippen molar-refractivity contribution >= 4 is 23.2 Å². The molecule has 1 aromatic carbocycles. The molecular weight excluding hydrogens is 414 g/mol. The third-order valence-electron chi connectivity index (χ3n) is 5.17. The van der Waals surface area contributed by atoms with Crippen LogP contribution in [0.3, 0.4) is 0 Å². The number of ether oxygens (including phenoxy) is 1. The van der Waals surface area contributed by atoms with Crippen molar-refractivity contribution in [2.45, 2.75) is 45.3 Å². The van der Waals surface area contributed by atoms with Gasteiger partial charge in [-0.05, 0) is 37.1 Å². The molecule has 4 rings (SSSR count). The Balaban J connectivity index is 1.31. The van der Waals surface area contributed by atoms with Crippen LogP contribution >= 0.6 is 0 Å². The van der Waals surface area contributed by atoms with Crippen LogP contribution in [0.1, 0.15) is 25.1 Å². The number of nitrogens with one attached hydrogen (secondary N) is 2. The predicted molar refractivity (Wildman–Crippen MR) is 117 cm³/mol. The summed E-state index contributed by atoms with van der Waals surface area (Å²) in [5, 5.41) is 13.9. The van der Waals surface area contributed by atoms with Gasteiger partial charge in [0.1, 0.15) is 24.7 Å². The number of amides is 2. The van der Waals surface area contributed by atoms with Crippen LogP contribution in [0.25, 0.3) is 0 Å². The van der Waals surface area contributed by atoms with Gasteiger partial charge in [0, 0.05) is 24.8 Å². The van der Waals surface area contributed by atoms with E-state index in [1.807, 2.05) is 0 Å². The Kier molecular flexibility index (Phi) is 6.34. The van der Waals surface area contributed by atoms with Gasteiger partial charge in [-0.15, -0.1) is 0 Å². The molecule has 0 aliphatic carbocycles. The normalized spacial score (nSPS) is 13.2. The van der Waals surface area contributed by atoms with Crippen LogP contribution in [-0.2, 0) is 35.6 Å². The van der Waals surface area contributed by atoms with E-state index in [9.17, 15) is 14.4 Å². The number of aromatic nitrogens is 5. The average Bonchev–Trinajstić information content (AvgIpc) is 3.22. The van der Waals surface area contributed by atoms with Crippen LogP contribution in [-0.4, -0.2) is 43.1 Å². The van der Waals surface area contributed by atoms with Crippen molar-refractivity contribution in [3.63, 3.8) is 0 Å². The molecule has 0 unspecified atom stereocenters. The molecule has 0 saturated heterocycles. The summed E-state index contributed by atoms with van der Waals surface area (Å²) in [5.74, 6) is 0.782. The molecule has 0 spiro atoms. The van der Waals surface area contributed by atoms with Crippen molar-refractivity contribution in [1.29, 1.82) is 0 Å². The van der Waals surface area contributed by atoms with E-state index in [1.54, 1.807) is 42.1 Å². The maximum absolute atomic E-state index is 12.5. The van der Waals surface area contributed by atoms with Crippen molar-refractivity contribution in [2.24, 2.45) is 0 Å². The summed E-state index contributed by atoms with van der Waals surface area (Å²) in [6.45, 7) is 0.443. The first-order valence-electron chi connectivity index (χ1n) is 10.4. The van der Waals surface area contributed by atoms with Gasteiger partial charge in [-0.25, -0.2) is 9.48 Å². The Morgan fingerprint density at radius 3 is 2.56 bits per heavy atom. The van der Waals surface area contributed by atoms with Crippen molar-refractivity contribution in [1.82, 2.24) is 24.1 Å². The van der Waals surface area contributed by atoms with E-state index in [0.29, 0.717) is 23.7 Å².